The Morgan fingerprint density at radius 3 is 2.40 bits per heavy atom. The molecule has 8 heteroatoms. The fraction of sp³-hybridized carbons (Fsp3) is 0.273. The molecular formula is C22H25N3O4S. The Bertz CT molecular complexity index is 1090. The molecule has 0 spiro atoms. The topological polar surface area (TPSA) is 90.3 Å². The molecule has 0 saturated heterocycles. The van der Waals surface area contributed by atoms with Gasteiger partial charge in [0.1, 0.15) is 11.6 Å². The van der Waals surface area contributed by atoms with Crippen LogP contribution in [0.25, 0.3) is 0 Å². The Labute approximate surface area is 176 Å². The number of carbonyl (C=O) groups excluding carboxylic acids is 1. The number of benzene rings is 2. The van der Waals surface area contributed by atoms with Crippen LogP contribution in [0.3, 0.4) is 0 Å². The molecule has 0 aliphatic heterocycles. The molecule has 1 amide bonds. The van der Waals surface area contributed by atoms with Crippen LogP contribution in [0.1, 0.15) is 24.2 Å². The van der Waals surface area contributed by atoms with Crippen LogP contribution in [0, 0.1) is 6.92 Å². The van der Waals surface area contributed by atoms with Gasteiger partial charge in [-0.3, -0.25) is 4.79 Å². The van der Waals surface area contributed by atoms with Crippen molar-refractivity contribution in [1.29, 1.82) is 0 Å². The highest BCUT2D eigenvalue weighted by molar-refractivity contribution is 7.90. The van der Waals surface area contributed by atoms with Crippen LogP contribution < -0.4 is 10.1 Å². The summed E-state index contributed by atoms with van der Waals surface area (Å²) in [7, 11) is -3.22. The summed E-state index contributed by atoms with van der Waals surface area (Å²) < 4.78 is 30.5. The molecule has 1 N–H and O–H groups in total. The fourth-order valence-corrected chi connectivity index (χ4v) is 3.52. The van der Waals surface area contributed by atoms with Crippen LogP contribution in [0.2, 0.25) is 0 Å². The zero-order chi connectivity index (χ0) is 21.6. The molecule has 0 unspecified atom stereocenters. The molecule has 0 aliphatic carbocycles. The molecule has 30 heavy (non-hydrogen) atoms. The van der Waals surface area contributed by atoms with Crippen molar-refractivity contribution < 1.29 is 17.9 Å². The molecule has 1 aromatic heterocycles. The lowest BCUT2D eigenvalue weighted by Gasteiger charge is -2.09. The Balaban J connectivity index is 1.40. The molecule has 3 aromatic rings. The number of anilines is 1. The third-order valence-corrected chi connectivity index (χ3v) is 5.71. The average Bonchev–Trinajstić information content (AvgIpc) is 3.11. The highest BCUT2D eigenvalue weighted by Crippen LogP contribution is 2.16. The number of carbonyl (C=O) groups is 1. The lowest BCUT2D eigenvalue weighted by molar-refractivity contribution is -0.116. The third kappa shape index (κ3) is 6.18. The number of amides is 1. The second-order valence-corrected chi connectivity index (χ2v) is 9.06. The molecular weight excluding hydrogens is 402 g/mol. The second-order valence-electron chi connectivity index (χ2n) is 7.04. The van der Waals surface area contributed by atoms with E-state index in [1.807, 2.05) is 37.4 Å². The number of imidazole rings is 1. The zero-order valence-corrected chi connectivity index (χ0v) is 17.9. The number of rotatable bonds is 9. The van der Waals surface area contributed by atoms with E-state index in [0.29, 0.717) is 25.2 Å². The average molecular weight is 428 g/mol. The van der Waals surface area contributed by atoms with Crippen LogP contribution in [0.5, 0.6) is 5.75 Å². The lowest BCUT2D eigenvalue weighted by Crippen LogP contribution is -2.13. The van der Waals surface area contributed by atoms with E-state index in [1.165, 1.54) is 12.1 Å². The minimum Gasteiger partial charge on any atom is -0.494 e. The van der Waals surface area contributed by atoms with Crippen molar-refractivity contribution in [2.45, 2.75) is 31.2 Å². The van der Waals surface area contributed by atoms with Crippen molar-refractivity contribution in [1.82, 2.24) is 9.55 Å². The van der Waals surface area contributed by atoms with Gasteiger partial charge in [-0.2, -0.15) is 0 Å². The van der Waals surface area contributed by atoms with E-state index < -0.39 is 9.84 Å². The molecule has 0 radical (unpaired) electrons. The Morgan fingerprint density at radius 2 is 1.80 bits per heavy atom. The fourth-order valence-electron chi connectivity index (χ4n) is 2.89. The molecule has 158 valence electrons. The Morgan fingerprint density at radius 1 is 1.10 bits per heavy atom. The number of sulfone groups is 1. The van der Waals surface area contributed by atoms with Gasteiger partial charge in [-0.05, 0) is 55.3 Å². The molecule has 0 bridgehead atoms. The molecule has 0 fully saturated rings. The maximum Gasteiger partial charge on any atom is 0.224 e. The Kier molecular flexibility index (Phi) is 6.89. The molecule has 2 aromatic carbocycles. The maximum absolute atomic E-state index is 12.1. The molecule has 3 rings (SSSR count). The van der Waals surface area contributed by atoms with Crippen LogP contribution in [0.4, 0.5) is 5.69 Å². The lowest BCUT2D eigenvalue weighted by atomic mass is 10.2. The summed E-state index contributed by atoms with van der Waals surface area (Å²) in [5.74, 6) is 1.46. The first-order chi connectivity index (χ1) is 14.3. The second kappa shape index (κ2) is 9.58. The van der Waals surface area contributed by atoms with E-state index in [4.69, 9.17) is 4.74 Å². The zero-order valence-electron chi connectivity index (χ0n) is 17.0. The first kappa shape index (κ1) is 21.6. The number of aromatic nitrogens is 2. The van der Waals surface area contributed by atoms with Gasteiger partial charge in [0.25, 0.3) is 0 Å². The summed E-state index contributed by atoms with van der Waals surface area (Å²) in [6, 6.07) is 14.0. The van der Waals surface area contributed by atoms with Gasteiger partial charge in [0.15, 0.2) is 9.84 Å². The van der Waals surface area contributed by atoms with Crippen molar-refractivity contribution in [2.75, 3.05) is 18.2 Å². The number of hydrogen-bond acceptors (Lipinski definition) is 5. The number of nitrogens with zero attached hydrogens (tertiary/aromatic N) is 2. The van der Waals surface area contributed by atoms with Crippen LogP contribution in [-0.2, 0) is 21.2 Å². The van der Waals surface area contributed by atoms with Crippen molar-refractivity contribution in [3.05, 3.63) is 72.3 Å². The van der Waals surface area contributed by atoms with Gasteiger partial charge in [0, 0.05) is 37.3 Å². The summed E-state index contributed by atoms with van der Waals surface area (Å²) >= 11 is 0. The largest absolute Gasteiger partial charge is 0.494 e. The van der Waals surface area contributed by atoms with Crippen molar-refractivity contribution >= 4 is 21.4 Å². The van der Waals surface area contributed by atoms with Crippen molar-refractivity contribution in [3.8, 4) is 5.75 Å². The van der Waals surface area contributed by atoms with Crippen LogP contribution >= 0.6 is 0 Å². The van der Waals surface area contributed by atoms with E-state index in [-0.39, 0.29) is 10.8 Å². The minimum atomic E-state index is -3.22. The van der Waals surface area contributed by atoms with Crippen molar-refractivity contribution in [2.24, 2.45) is 0 Å². The summed E-state index contributed by atoms with van der Waals surface area (Å²) in [5.41, 5.74) is 1.88. The van der Waals surface area contributed by atoms with Gasteiger partial charge in [0.05, 0.1) is 11.5 Å². The van der Waals surface area contributed by atoms with Crippen LogP contribution in [0.15, 0.2) is 65.8 Å². The van der Waals surface area contributed by atoms with E-state index in [0.717, 1.165) is 29.9 Å². The van der Waals surface area contributed by atoms with Gasteiger partial charge >= 0.3 is 0 Å². The molecule has 1 heterocycles. The minimum absolute atomic E-state index is 0.0794. The predicted molar refractivity (Wildman–Crippen MR) is 115 cm³/mol. The van der Waals surface area contributed by atoms with Gasteiger partial charge in [-0.25, -0.2) is 13.4 Å². The highest BCUT2D eigenvalue weighted by Gasteiger charge is 2.07. The van der Waals surface area contributed by atoms with Gasteiger partial charge in [0.2, 0.25) is 5.91 Å². The quantitative estimate of drug-likeness (QED) is 0.528. The number of ether oxygens (including phenoxy) is 1. The van der Waals surface area contributed by atoms with E-state index in [2.05, 4.69) is 14.9 Å². The summed E-state index contributed by atoms with van der Waals surface area (Å²) in [6.07, 6.45) is 5.76. The first-order valence-electron chi connectivity index (χ1n) is 9.61. The van der Waals surface area contributed by atoms with Crippen LogP contribution in [-0.4, -0.2) is 36.7 Å². The van der Waals surface area contributed by atoms with E-state index in [1.54, 1.807) is 18.3 Å². The third-order valence-electron chi connectivity index (χ3n) is 4.58. The summed E-state index contributed by atoms with van der Waals surface area (Å²) in [5, 5.41) is 2.88. The van der Waals surface area contributed by atoms with E-state index in [9.17, 15) is 13.2 Å². The normalized spacial score (nSPS) is 11.3. The standard InChI is InChI=1S/C22H25N3O4S/c1-17-23-13-14-25(17)16-18-5-7-19(8-6-18)24-22(26)4-3-15-29-20-9-11-21(12-10-20)30(2,27)28/h5-14H,3-4,15-16H2,1-2H3,(H,24,26). The number of hydrogen-bond donors (Lipinski definition) is 1. The molecule has 0 saturated carbocycles. The first-order valence-corrected chi connectivity index (χ1v) is 11.5. The smallest absolute Gasteiger partial charge is 0.224 e. The van der Waals surface area contributed by atoms with Gasteiger partial charge in [-0.15, -0.1) is 0 Å². The maximum atomic E-state index is 12.1. The SMILES string of the molecule is Cc1nccn1Cc1ccc(NC(=O)CCCOc2ccc(S(C)(=O)=O)cc2)cc1. The molecule has 7 nitrogen and oxygen atoms in total. The molecule has 0 atom stereocenters. The molecule has 0 aliphatic rings. The van der Waals surface area contributed by atoms with Gasteiger partial charge in [-0.1, -0.05) is 12.1 Å². The Hall–Kier alpha value is -3.13. The highest BCUT2D eigenvalue weighted by atomic mass is 32.2. The summed E-state index contributed by atoms with van der Waals surface area (Å²) in [4.78, 5) is 16.6. The van der Waals surface area contributed by atoms with Gasteiger partial charge < -0.3 is 14.6 Å². The predicted octanol–water partition coefficient (Wildman–Crippen LogP) is 3.44. The van der Waals surface area contributed by atoms with E-state index >= 15 is 0 Å². The summed E-state index contributed by atoms with van der Waals surface area (Å²) in [6.45, 7) is 3.07. The monoisotopic (exact) mass is 427 g/mol. The number of aryl methyl sites for hydroxylation is 1. The van der Waals surface area contributed by atoms with Crippen molar-refractivity contribution in [3.63, 3.8) is 0 Å². The number of nitrogens with one attached hydrogen (secondary N) is 1.